The molecule has 3 aliphatic heterocycles. The SMILES string of the molecule is CCOc1ccccc1CCN1CCC(CCC(=O)c2cc3c4c(c2)CCN4C(=O)CC3)CC1. The van der Waals surface area contributed by atoms with Crippen molar-refractivity contribution < 1.29 is 14.3 Å². The molecule has 0 spiro atoms. The van der Waals surface area contributed by atoms with Crippen molar-refractivity contribution in [1.29, 1.82) is 0 Å². The van der Waals surface area contributed by atoms with E-state index in [-0.39, 0.29) is 11.7 Å². The normalized spacial score (nSPS) is 18.3. The summed E-state index contributed by atoms with van der Waals surface area (Å²) in [6.07, 6.45) is 7.20. The Bertz CT molecular complexity index is 1060. The van der Waals surface area contributed by atoms with Gasteiger partial charge in [-0.2, -0.15) is 0 Å². The van der Waals surface area contributed by atoms with Crippen molar-refractivity contribution in [3.8, 4) is 5.75 Å². The first kappa shape index (κ1) is 23.1. The molecule has 1 amide bonds. The van der Waals surface area contributed by atoms with Crippen LogP contribution in [0.3, 0.4) is 0 Å². The van der Waals surface area contributed by atoms with Gasteiger partial charge in [0.2, 0.25) is 5.91 Å². The predicted octanol–water partition coefficient (Wildman–Crippen LogP) is 4.84. The first-order valence-corrected chi connectivity index (χ1v) is 13.0. The minimum atomic E-state index is 0.232. The summed E-state index contributed by atoms with van der Waals surface area (Å²) in [6, 6.07) is 12.5. The molecule has 180 valence electrons. The van der Waals surface area contributed by atoms with Crippen molar-refractivity contribution in [2.24, 2.45) is 5.92 Å². The number of benzene rings is 2. The maximum absolute atomic E-state index is 13.0. The standard InChI is InChI=1S/C29H36N2O3/c1-2-34-27-6-4-3-5-22(27)13-17-30-15-11-21(12-16-30)7-9-26(32)25-19-23-8-10-28(33)31-18-14-24(20-25)29(23)31/h3-6,19-21H,2,7-18H2,1H3. The number of hydrogen-bond acceptors (Lipinski definition) is 4. The average molecular weight is 461 g/mol. The average Bonchev–Trinajstić information content (AvgIpc) is 3.30. The van der Waals surface area contributed by atoms with Crippen LogP contribution in [0.2, 0.25) is 0 Å². The third kappa shape index (κ3) is 4.90. The van der Waals surface area contributed by atoms with Gasteiger partial charge < -0.3 is 14.5 Å². The van der Waals surface area contributed by atoms with E-state index in [1.54, 1.807) is 0 Å². The molecule has 5 rings (SSSR count). The molecule has 0 bridgehead atoms. The van der Waals surface area contributed by atoms with E-state index in [0.717, 1.165) is 68.9 Å². The van der Waals surface area contributed by atoms with Crippen molar-refractivity contribution in [2.75, 3.05) is 37.7 Å². The molecule has 1 saturated heterocycles. The summed E-state index contributed by atoms with van der Waals surface area (Å²) >= 11 is 0. The summed E-state index contributed by atoms with van der Waals surface area (Å²) in [5.74, 6) is 2.15. The second kappa shape index (κ2) is 10.3. The van der Waals surface area contributed by atoms with Gasteiger partial charge in [-0.1, -0.05) is 18.2 Å². The van der Waals surface area contributed by atoms with Crippen LogP contribution >= 0.6 is 0 Å². The number of carbonyl (C=O) groups excluding carboxylic acids is 2. The van der Waals surface area contributed by atoms with Gasteiger partial charge in [-0.05, 0) is 99.3 Å². The van der Waals surface area contributed by atoms with Crippen molar-refractivity contribution in [1.82, 2.24) is 4.90 Å². The first-order chi connectivity index (χ1) is 16.6. The Labute approximate surface area is 203 Å². The molecule has 5 heteroatoms. The third-order valence-corrected chi connectivity index (χ3v) is 7.83. The van der Waals surface area contributed by atoms with Gasteiger partial charge in [0, 0.05) is 31.5 Å². The molecule has 3 heterocycles. The Morgan fingerprint density at radius 3 is 2.59 bits per heavy atom. The first-order valence-electron chi connectivity index (χ1n) is 13.0. The van der Waals surface area contributed by atoms with Gasteiger partial charge in [0.05, 0.1) is 12.3 Å². The third-order valence-electron chi connectivity index (χ3n) is 7.83. The lowest BCUT2D eigenvalue weighted by Crippen LogP contribution is -2.35. The highest BCUT2D eigenvalue weighted by Gasteiger charge is 2.32. The van der Waals surface area contributed by atoms with Gasteiger partial charge in [0.15, 0.2) is 5.78 Å². The summed E-state index contributed by atoms with van der Waals surface area (Å²) in [5.41, 5.74) is 5.63. The number of rotatable bonds is 9. The fraction of sp³-hybridized carbons (Fsp3) is 0.517. The van der Waals surface area contributed by atoms with Crippen molar-refractivity contribution >= 4 is 17.4 Å². The molecule has 1 fully saturated rings. The molecule has 0 unspecified atom stereocenters. The minimum absolute atomic E-state index is 0.232. The number of ketones is 1. The molecule has 0 saturated carbocycles. The van der Waals surface area contributed by atoms with Crippen LogP contribution in [0.5, 0.6) is 5.75 Å². The molecule has 0 aromatic heterocycles. The monoisotopic (exact) mass is 460 g/mol. The molecule has 0 aliphatic carbocycles. The van der Waals surface area contributed by atoms with Crippen molar-refractivity contribution in [2.45, 2.75) is 58.3 Å². The number of hydrogen-bond donors (Lipinski definition) is 0. The van der Waals surface area contributed by atoms with E-state index >= 15 is 0 Å². The number of amides is 1. The van der Waals surface area contributed by atoms with Gasteiger partial charge in [-0.15, -0.1) is 0 Å². The molecule has 3 aliphatic rings. The molecule has 2 aromatic carbocycles. The zero-order valence-electron chi connectivity index (χ0n) is 20.4. The maximum atomic E-state index is 13.0. The molecule has 2 aromatic rings. The molecular weight excluding hydrogens is 424 g/mol. The number of aryl methyl sites for hydroxylation is 1. The number of anilines is 1. The van der Waals surface area contributed by atoms with Gasteiger partial charge in [-0.25, -0.2) is 0 Å². The summed E-state index contributed by atoms with van der Waals surface area (Å²) in [4.78, 5) is 29.6. The fourth-order valence-corrected chi connectivity index (χ4v) is 5.88. The Hall–Kier alpha value is -2.66. The van der Waals surface area contributed by atoms with Crippen LogP contribution in [0.25, 0.3) is 0 Å². The fourth-order valence-electron chi connectivity index (χ4n) is 5.88. The van der Waals surface area contributed by atoms with Crippen LogP contribution in [0.15, 0.2) is 36.4 Å². The zero-order chi connectivity index (χ0) is 23.5. The summed E-state index contributed by atoms with van der Waals surface area (Å²) in [7, 11) is 0. The van der Waals surface area contributed by atoms with Crippen LogP contribution in [-0.2, 0) is 24.1 Å². The molecule has 0 atom stereocenters. The highest BCUT2D eigenvalue weighted by Crippen LogP contribution is 2.38. The summed E-state index contributed by atoms with van der Waals surface area (Å²) < 4.78 is 5.77. The molecule has 0 radical (unpaired) electrons. The van der Waals surface area contributed by atoms with Crippen molar-refractivity contribution in [3.05, 3.63) is 58.7 Å². The number of para-hydroxylation sites is 1. The molecule has 5 nitrogen and oxygen atoms in total. The number of piperidine rings is 1. The number of ether oxygens (including phenoxy) is 1. The highest BCUT2D eigenvalue weighted by atomic mass is 16.5. The highest BCUT2D eigenvalue weighted by molar-refractivity contribution is 6.02. The van der Waals surface area contributed by atoms with E-state index in [2.05, 4.69) is 35.2 Å². The minimum Gasteiger partial charge on any atom is -0.494 e. The van der Waals surface area contributed by atoms with Gasteiger partial charge >= 0.3 is 0 Å². The molecule has 34 heavy (non-hydrogen) atoms. The van der Waals surface area contributed by atoms with Gasteiger partial charge in [0.25, 0.3) is 0 Å². The second-order valence-corrected chi connectivity index (χ2v) is 9.98. The Morgan fingerprint density at radius 1 is 1.03 bits per heavy atom. The number of nitrogens with zero attached hydrogens (tertiary/aromatic N) is 2. The maximum Gasteiger partial charge on any atom is 0.227 e. The van der Waals surface area contributed by atoms with Gasteiger partial charge in [-0.3, -0.25) is 9.59 Å². The van der Waals surface area contributed by atoms with E-state index in [4.69, 9.17) is 4.74 Å². The van der Waals surface area contributed by atoms with E-state index in [1.807, 2.05) is 17.9 Å². The second-order valence-electron chi connectivity index (χ2n) is 9.98. The zero-order valence-corrected chi connectivity index (χ0v) is 20.4. The van der Waals surface area contributed by atoms with Crippen LogP contribution in [0, 0.1) is 5.92 Å². The lowest BCUT2D eigenvalue weighted by Gasteiger charge is -2.32. The molecule has 0 N–H and O–H groups in total. The van der Waals surface area contributed by atoms with E-state index < -0.39 is 0 Å². The van der Waals surface area contributed by atoms with Crippen LogP contribution < -0.4 is 9.64 Å². The Balaban J connectivity index is 1.09. The van der Waals surface area contributed by atoms with E-state index in [1.165, 1.54) is 29.5 Å². The van der Waals surface area contributed by atoms with Gasteiger partial charge in [0.1, 0.15) is 5.75 Å². The topological polar surface area (TPSA) is 49.9 Å². The van der Waals surface area contributed by atoms with Crippen LogP contribution in [0.1, 0.15) is 66.1 Å². The Kier molecular flexibility index (Phi) is 7.00. The largest absolute Gasteiger partial charge is 0.494 e. The lowest BCUT2D eigenvalue weighted by molar-refractivity contribution is -0.118. The summed E-state index contributed by atoms with van der Waals surface area (Å²) in [5, 5.41) is 0. The lowest BCUT2D eigenvalue weighted by atomic mass is 9.89. The number of carbonyl (C=O) groups is 2. The smallest absolute Gasteiger partial charge is 0.227 e. The Morgan fingerprint density at radius 2 is 1.79 bits per heavy atom. The number of likely N-dealkylation sites (tertiary alicyclic amines) is 1. The quantitative estimate of drug-likeness (QED) is 0.503. The van der Waals surface area contributed by atoms with E-state index in [9.17, 15) is 9.59 Å². The van der Waals surface area contributed by atoms with E-state index in [0.29, 0.717) is 25.4 Å². The summed E-state index contributed by atoms with van der Waals surface area (Å²) in [6.45, 7) is 6.79. The molecular formula is C29H36N2O3. The number of Topliss-reactive ketones (excluding diaryl/α,β-unsaturated/α-hetero) is 1. The van der Waals surface area contributed by atoms with Crippen LogP contribution in [-0.4, -0.2) is 49.4 Å². The predicted molar refractivity (Wildman–Crippen MR) is 135 cm³/mol. The van der Waals surface area contributed by atoms with Crippen molar-refractivity contribution in [3.63, 3.8) is 0 Å². The van der Waals surface area contributed by atoms with Crippen LogP contribution in [0.4, 0.5) is 5.69 Å².